The molecule has 2 aromatic carbocycles. The molecule has 1 fully saturated rings. The van der Waals surface area contributed by atoms with Gasteiger partial charge in [-0.3, -0.25) is 9.59 Å². The summed E-state index contributed by atoms with van der Waals surface area (Å²) >= 11 is 0. The van der Waals surface area contributed by atoms with Gasteiger partial charge in [0.1, 0.15) is 5.82 Å². The first-order valence-corrected chi connectivity index (χ1v) is 11.8. The lowest BCUT2D eigenvalue weighted by molar-refractivity contribution is -0.123. The molecular formula is C27H30N4O2. The number of rotatable bonds is 5. The predicted octanol–water partition coefficient (Wildman–Crippen LogP) is 4.51. The van der Waals surface area contributed by atoms with Crippen molar-refractivity contribution >= 4 is 34.1 Å². The molecule has 1 amide bonds. The first-order chi connectivity index (χ1) is 16.0. The Morgan fingerprint density at radius 2 is 1.67 bits per heavy atom. The second kappa shape index (κ2) is 8.85. The Kier molecular flexibility index (Phi) is 5.75. The molecule has 0 saturated heterocycles. The molecule has 0 bridgehead atoms. The molecule has 2 aliphatic rings. The van der Waals surface area contributed by atoms with Gasteiger partial charge in [-0.05, 0) is 37.3 Å². The number of hydrogen-bond acceptors (Lipinski definition) is 5. The number of Topliss-reactive ketones (excluding diaryl/α,β-unsaturated/α-hetero) is 1. The molecule has 1 aromatic heterocycles. The summed E-state index contributed by atoms with van der Waals surface area (Å²) in [6, 6.07) is 18.3. The van der Waals surface area contributed by atoms with Crippen LogP contribution < -0.4 is 15.5 Å². The van der Waals surface area contributed by atoms with E-state index < -0.39 is 0 Å². The third kappa shape index (κ3) is 4.30. The molecule has 33 heavy (non-hydrogen) atoms. The zero-order valence-electron chi connectivity index (χ0n) is 19.2. The molecule has 1 heterocycles. The van der Waals surface area contributed by atoms with Gasteiger partial charge < -0.3 is 15.5 Å². The average molecular weight is 443 g/mol. The van der Waals surface area contributed by atoms with Gasteiger partial charge in [-0.1, -0.05) is 42.5 Å². The summed E-state index contributed by atoms with van der Waals surface area (Å²) in [7, 11) is 4.10. The van der Waals surface area contributed by atoms with E-state index in [1.807, 2.05) is 42.5 Å². The summed E-state index contributed by atoms with van der Waals surface area (Å²) in [5, 5.41) is 7.98. The van der Waals surface area contributed by atoms with Crippen molar-refractivity contribution < 1.29 is 9.59 Å². The normalized spacial score (nSPS) is 22.1. The number of carbonyl (C=O) groups is 2. The second-order valence-corrected chi connectivity index (χ2v) is 9.41. The zero-order chi connectivity index (χ0) is 22.9. The van der Waals surface area contributed by atoms with Gasteiger partial charge in [0.2, 0.25) is 5.91 Å². The highest BCUT2D eigenvalue weighted by Crippen LogP contribution is 2.34. The minimum atomic E-state index is -0.351. The lowest BCUT2D eigenvalue weighted by Crippen LogP contribution is -2.42. The van der Waals surface area contributed by atoms with Crippen LogP contribution in [0.5, 0.6) is 0 Å². The average Bonchev–Trinajstić information content (AvgIpc) is 3.16. The lowest BCUT2D eigenvalue weighted by atomic mass is 9.90. The second-order valence-electron chi connectivity index (χ2n) is 9.41. The van der Waals surface area contributed by atoms with E-state index in [2.05, 4.69) is 41.8 Å². The van der Waals surface area contributed by atoms with Crippen LogP contribution in [0.2, 0.25) is 0 Å². The number of benzene rings is 2. The number of para-hydroxylation sites is 1. The van der Waals surface area contributed by atoms with Crippen molar-refractivity contribution in [3.05, 3.63) is 65.7 Å². The molecule has 1 unspecified atom stereocenters. The smallest absolute Gasteiger partial charge is 0.228 e. The number of ketones is 1. The Morgan fingerprint density at radius 3 is 2.45 bits per heavy atom. The molecule has 1 saturated carbocycles. The number of amides is 1. The Bertz CT molecular complexity index is 1200. The van der Waals surface area contributed by atoms with E-state index in [1.165, 1.54) is 0 Å². The van der Waals surface area contributed by atoms with E-state index >= 15 is 0 Å². The number of anilines is 2. The number of fused-ring (bicyclic) bond motifs is 2. The van der Waals surface area contributed by atoms with E-state index in [4.69, 9.17) is 4.98 Å². The standard InChI is InChI=1S/C27H30N4O2/c1-31(2)24-16-26(30-23-10-6-5-9-21(23)24)28-17-11-13-18(14-12-17)29-27(33)22-15-25(32)20-8-4-3-7-19(20)22/h3-10,16-18,22H,11-15H2,1-2H3,(H,28,30)(H,29,33)/t17-,18+,22?. The first-order valence-electron chi connectivity index (χ1n) is 11.8. The van der Waals surface area contributed by atoms with Crippen LogP contribution in [0.3, 0.4) is 0 Å². The van der Waals surface area contributed by atoms with Gasteiger partial charge >= 0.3 is 0 Å². The summed E-state index contributed by atoms with van der Waals surface area (Å²) in [6.45, 7) is 0. The Hall–Kier alpha value is -3.41. The van der Waals surface area contributed by atoms with E-state index in [0.717, 1.165) is 53.7 Å². The van der Waals surface area contributed by atoms with Crippen LogP contribution in [0.4, 0.5) is 11.5 Å². The van der Waals surface area contributed by atoms with Crippen molar-refractivity contribution in [2.24, 2.45) is 0 Å². The van der Waals surface area contributed by atoms with Crippen molar-refractivity contribution in [3.8, 4) is 0 Å². The fraction of sp³-hybridized carbons (Fsp3) is 0.370. The van der Waals surface area contributed by atoms with Crippen LogP contribution in [0.1, 0.15) is 53.9 Å². The van der Waals surface area contributed by atoms with E-state index in [1.54, 1.807) is 0 Å². The Labute approximate surface area is 194 Å². The molecule has 170 valence electrons. The summed E-state index contributed by atoms with van der Waals surface area (Å²) in [6.07, 6.45) is 4.05. The molecule has 2 aliphatic carbocycles. The van der Waals surface area contributed by atoms with Crippen LogP contribution in [0, 0.1) is 0 Å². The van der Waals surface area contributed by atoms with Gasteiger partial charge in [-0.25, -0.2) is 4.98 Å². The first kappa shape index (κ1) is 21.4. The van der Waals surface area contributed by atoms with Crippen LogP contribution >= 0.6 is 0 Å². The maximum atomic E-state index is 12.9. The van der Waals surface area contributed by atoms with Gasteiger partial charge in [0.15, 0.2) is 5.78 Å². The molecule has 0 radical (unpaired) electrons. The van der Waals surface area contributed by atoms with Gasteiger partial charge in [-0.15, -0.1) is 0 Å². The zero-order valence-corrected chi connectivity index (χ0v) is 19.2. The van der Waals surface area contributed by atoms with E-state index in [9.17, 15) is 9.59 Å². The quantitative estimate of drug-likeness (QED) is 0.608. The van der Waals surface area contributed by atoms with Crippen LogP contribution in [0.25, 0.3) is 10.9 Å². The van der Waals surface area contributed by atoms with Gasteiger partial charge in [-0.2, -0.15) is 0 Å². The molecule has 6 nitrogen and oxygen atoms in total. The monoisotopic (exact) mass is 442 g/mol. The highest BCUT2D eigenvalue weighted by Gasteiger charge is 2.35. The highest BCUT2D eigenvalue weighted by molar-refractivity contribution is 6.06. The number of pyridine rings is 1. The van der Waals surface area contributed by atoms with Crippen molar-refractivity contribution in [1.82, 2.24) is 10.3 Å². The maximum absolute atomic E-state index is 12.9. The summed E-state index contributed by atoms with van der Waals surface area (Å²) in [5.74, 6) is 0.594. The third-order valence-electron chi connectivity index (χ3n) is 6.94. The number of nitrogens with zero attached hydrogens (tertiary/aromatic N) is 2. The molecule has 0 aliphatic heterocycles. The maximum Gasteiger partial charge on any atom is 0.228 e. The van der Waals surface area contributed by atoms with Gasteiger partial charge in [0.05, 0.1) is 11.4 Å². The number of carbonyl (C=O) groups excluding carboxylic acids is 2. The topological polar surface area (TPSA) is 74.3 Å². The molecule has 1 atom stereocenters. The largest absolute Gasteiger partial charge is 0.377 e. The predicted molar refractivity (Wildman–Crippen MR) is 132 cm³/mol. The van der Waals surface area contributed by atoms with Crippen molar-refractivity contribution in [1.29, 1.82) is 0 Å². The van der Waals surface area contributed by atoms with Crippen LogP contribution in [-0.4, -0.2) is 42.9 Å². The molecule has 6 heteroatoms. The van der Waals surface area contributed by atoms with Crippen molar-refractivity contribution in [2.75, 3.05) is 24.3 Å². The summed E-state index contributed by atoms with van der Waals surface area (Å²) in [5.41, 5.74) is 3.70. The molecular weight excluding hydrogens is 412 g/mol. The van der Waals surface area contributed by atoms with E-state index in [-0.39, 0.29) is 30.1 Å². The number of aromatic nitrogens is 1. The fourth-order valence-electron chi connectivity index (χ4n) is 5.19. The van der Waals surface area contributed by atoms with Crippen molar-refractivity contribution in [2.45, 2.75) is 50.1 Å². The third-order valence-corrected chi connectivity index (χ3v) is 6.94. The summed E-state index contributed by atoms with van der Waals surface area (Å²) < 4.78 is 0. The highest BCUT2D eigenvalue weighted by atomic mass is 16.2. The van der Waals surface area contributed by atoms with E-state index in [0.29, 0.717) is 11.6 Å². The van der Waals surface area contributed by atoms with Crippen LogP contribution in [0.15, 0.2) is 54.6 Å². The lowest BCUT2D eigenvalue weighted by Gasteiger charge is -2.31. The van der Waals surface area contributed by atoms with Gasteiger partial charge in [0, 0.05) is 55.3 Å². The number of hydrogen-bond donors (Lipinski definition) is 2. The molecule has 3 aromatic rings. The van der Waals surface area contributed by atoms with Crippen molar-refractivity contribution in [3.63, 3.8) is 0 Å². The minimum absolute atomic E-state index is 0.0171. The molecule has 0 spiro atoms. The molecule has 5 rings (SSSR count). The minimum Gasteiger partial charge on any atom is -0.377 e. The molecule has 2 N–H and O–H groups in total. The SMILES string of the molecule is CN(C)c1cc(N[C@H]2CC[C@@H](NC(=O)C3CC(=O)c4ccccc43)CC2)nc2ccccc12. The van der Waals surface area contributed by atoms with Crippen LogP contribution in [-0.2, 0) is 4.79 Å². The summed E-state index contributed by atoms with van der Waals surface area (Å²) in [4.78, 5) is 32.1. The Morgan fingerprint density at radius 1 is 0.970 bits per heavy atom. The Balaban J connectivity index is 1.20. The number of nitrogens with one attached hydrogen (secondary N) is 2. The fourth-order valence-corrected chi connectivity index (χ4v) is 5.19. The van der Waals surface area contributed by atoms with Gasteiger partial charge in [0.25, 0.3) is 0 Å².